The minimum absolute atomic E-state index is 0.229. The number of benzene rings is 1. The zero-order valence-electron chi connectivity index (χ0n) is 10.2. The predicted octanol–water partition coefficient (Wildman–Crippen LogP) is 0.654. The van der Waals surface area contributed by atoms with Gasteiger partial charge in [0.05, 0.1) is 11.8 Å². The van der Waals surface area contributed by atoms with E-state index in [4.69, 9.17) is 5.11 Å². The lowest BCUT2D eigenvalue weighted by Crippen LogP contribution is -2.27. The minimum atomic E-state index is -3.17. The summed E-state index contributed by atoms with van der Waals surface area (Å²) in [6, 6.07) is 4.73. The number of aromatic carboxylic acids is 1. The molecule has 100 valence electrons. The second-order valence-electron chi connectivity index (χ2n) is 3.93. The highest BCUT2D eigenvalue weighted by atomic mass is 32.2. The number of carboxylic acids is 1. The van der Waals surface area contributed by atoms with E-state index in [0.29, 0.717) is 6.54 Å². The molecule has 0 aliphatic carbocycles. The van der Waals surface area contributed by atoms with Crippen molar-refractivity contribution in [2.24, 2.45) is 0 Å². The Balaban J connectivity index is 2.56. The van der Waals surface area contributed by atoms with E-state index < -0.39 is 16.0 Å². The van der Waals surface area contributed by atoms with Crippen LogP contribution in [0.2, 0.25) is 0 Å². The quantitative estimate of drug-likeness (QED) is 0.661. The topological polar surface area (TPSA) is 95.5 Å². The summed E-state index contributed by atoms with van der Waals surface area (Å²) in [6.07, 6.45) is 1.10. The molecule has 0 aliphatic rings. The molecule has 0 saturated carbocycles. The summed E-state index contributed by atoms with van der Waals surface area (Å²) in [7, 11) is -3.17. The van der Waals surface area contributed by atoms with Crippen LogP contribution >= 0.6 is 0 Å². The Bertz CT molecular complexity index is 540. The molecule has 6 nitrogen and oxygen atoms in total. The van der Waals surface area contributed by atoms with Gasteiger partial charge in [0, 0.05) is 18.8 Å². The molecule has 0 bridgehead atoms. The number of hydrogen-bond acceptors (Lipinski definition) is 4. The summed E-state index contributed by atoms with van der Waals surface area (Å²) >= 11 is 0. The van der Waals surface area contributed by atoms with Crippen molar-refractivity contribution in [1.29, 1.82) is 0 Å². The maximum absolute atomic E-state index is 10.8. The van der Waals surface area contributed by atoms with Crippen molar-refractivity contribution in [2.45, 2.75) is 6.92 Å². The van der Waals surface area contributed by atoms with Crippen molar-refractivity contribution in [3.05, 3.63) is 29.3 Å². The van der Waals surface area contributed by atoms with E-state index >= 15 is 0 Å². The lowest BCUT2D eigenvalue weighted by molar-refractivity contribution is 0.0697. The van der Waals surface area contributed by atoms with E-state index in [2.05, 4.69) is 10.0 Å². The molecule has 0 aliphatic heterocycles. The molecule has 1 aromatic rings. The van der Waals surface area contributed by atoms with Gasteiger partial charge < -0.3 is 10.4 Å². The van der Waals surface area contributed by atoms with Crippen LogP contribution in [0.3, 0.4) is 0 Å². The standard InChI is InChI=1S/C11H16N2O4S/c1-8-7-9(11(14)15)3-4-10(8)12-5-6-13-18(2,16)17/h3-4,7,12-13H,5-6H2,1-2H3,(H,14,15). The first kappa shape index (κ1) is 14.5. The van der Waals surface area contributed by atoms with E-state index in [1.165, 1.54) is 6.07 Å². The molecule has 0 radical (unpaired) electrons. The number of sulfonamides is 1. The molecule has 0 spiro atoms. The number of hydrogen-bond donors (Lipinski definition) is 3. The SMILES string of the molecule is Cc1cc(C(=O)O)ccc1NCCNS(C)(=O)=O. The molecule has 0 amide bonds. The molecular formula is C11H16N2O4S. The Morgan fingerprint density at radius 2 is 2.00 bits per heavy atom. The van der Waals surface area contributed by atoms with Gasteiger partial charge in [0.2, 0.25) is 10.0 Å². The van der Waals surface area contributed by atoms with Gasteiger partial charge in [-0.2, -0.15) is 0 Å². The van der Waals surface area contributed by atoms with Crippen LogP contribution in [0, 0.1) is 6.92 Å². The van der Waals surface area contributed by atoms with Crippen LogP contribution in [-0.2, 0) is 10.0 Å². The fraction of sp³-hybridized carbons (Fsp3) is 0.364. The number of anilines is 1. The van der Waals surface area contributed by atoms with Crippen molar-refractivity contribution in [2.75, 3.05) is 24.7 Å². The first-order valence-corrected chi connectivity index (χ1v) is 7.21. The zero-order valence-corrected chi connectivity index (χ0v) is 11.0. The monoisotopic (exact) mass is 272 g/mol. The van der Waals surface area contributed by atoms with Gasteiger partial charge in [-0.25, -0.2) is 17.9 Å². The molecule has 1 aromatic carbocycles. The maximum atomic E-state index is 10.8. The lowest BCUT2D eigenvalue weighted by atomic mass is 10.1. The highest BCUT2D eigenvalue weighted by Crippen LogP contribution is 2.16. The van der Waals surface area contributed by atoms with E-state index in [-0.39, 0.29) is 12.1 Å². The zero-order chi connectivity index (χ0) is 13.8. The Kier molecular flexibility index (Phi) is 4.69. The summed E-state index contributed by atoms with van der Waals surface area (Å²) in [5, 5.41) is 11.8. The molecule has 0 unspecified atom stereocenters. The maximum Gasteiger partial charge on any atom is 0.335 e. The molecule has 3 N–H and O–H groups in total. The second kappa shape index (κ2) is 5.83. The average Bonchev–Trinajstić information content (AvgIpc) is 2.24. The van der Waals surface area contributed by atoms with Gasteiger partial charge in [0.15, 0.2) is 0 Å². The van der Waals surface area contributed by atoms with Crippen LogP contribution in [0.15, 0.2) is 18.2 Å². The van der Waals surface area contributed by atoms with Crippen LogP contribution in [0.25, 0.3) is 0 Å². The third-order valence-corrected chi connectivity index (χ3v) is 3.01. The molecule has 0 saturated heterocycles. The van der Waals surface area contributed by atoms with Crippen molar-refractivity contribution >= 4 is 21.7 Å². The molecule has 0 aromatic heterocycles. The fourth-order valence-electron chi connectivity index (χ4n) is 1.43. The summed E-state index contributed by atoms with van der Waals surface area (Å²) < 4.78 is 24.0. The van der Waals surface area contributed by atoms with E-state index in [0.717, 1.165) is 17.5 Å². The molecular weight excluding hydrogens is 256 g/mol. The minimum Gasteiger partial charge on any atom is -0.478 e. The van der Waals surface area contributed by atoms with Crippen LogP contribution in [0.1, 0.15) is 15.9 Å². The smallest absolute Gasteiger partial charge is 0.335 e. The Morgan fingerprint density at radius 3 is 2.50 bits per heavy atom. The second-order valence-corrected chi connectivity index (χ2v) is 5.76. The molecule has 18 heavy (non-hydrogen) atoms. The van der Waals surface area contributed by atoms with E-state index in [9.17, 15) is 13.2 Å². The normalized spacial score (nSPS) is 11.2. The van der Waals surface area contributed by atoms with Gasteiger partial charge in [-0.1, -0.05) is 0 Å². The third-order valence-electron chi connectivity index (χ3n) is 2.28. The fourth-order valence-corrected chi connectivity index (χ4v) is 1.90. The first-order chi connectivity index (χ1) is 8.29. The average molecular weight is 272 g/mol. The van der Waals surface area contributed by atoms with Gasteiger partial charge >= 0.3 is 5.97 Å². The van der Waals surface area contributed by atoms with Gasteiger partial charge in [0.25, 0.3) is 0 Å². The van der Waals surface area contributed by atoms with Crippen molar-refractivity contribution in [1.82, 2.24) is 4.72 Å². The summed E-state index contributed by atoms with van der Waals surface area (Å²) in [5.74, 6) is -0.969. The Morgan fingerprint density at radius 1 is 1.33 bits per heavy atom. The number of nitrogens with one attached hydrogen (secondary N) is 2. The highest BCUT2D eigenvalue weighted by molar-refractivity contribution is 7.88. The third kappa shape index (κ3) is 4.72. The summed E-state index contributed by atoms with van der Waals surface area (Å²) in [6.45, 7) is 2.50. The number of rotatable bonds is 6. The first-order valence-electron chi connectivity index (χ1n) is 5.32. The van der Waals surface area contributed by atoms with Crippen LogP contribution < -0.4 is 10.0 Å². The molecule has 0 heterocycles. The van der Waals surface area contributed by atoms with Gasteiger partial charge in [0.1, 0.15) is 0 Å². The van der Waals surface area contributed by atoms with Gasteiger partial charge in [-0.15, -0.1) is 0 Å². The number of carbonyl (C=O) groups is 1. The number of carboxylic acid groups (broad SMARTS) is 1. The highest BCUT2D eigenvalue weighted by Gasteiger charge is 2.05. The van der Waals surface area contributed by atoms with E-state index in [1.54, 1.807) is 19.1 Å². The lowest BCUT2D eigenvalue weighted by Gasteiger charge is -2.10. The summed E-state index contributed by atoms with van der Waals surface area (Å²) in [4.78, 5) is 10.7. The van der Waals surface area contributed by atoms with Gasteiger partial charge in [-0.05, 0) is 30.7 Å². The van der Waals surface area contributed by atoms with E-state index in [1.807, 2.05) is 0 Å². The molecule has 1 rings (SSSR count). The Labute approximate surface area is 106 Å². The van der Waals surface area contributed by atoms with Crippen LogP contribution in [0.4, 0.5) is 5.69 Å². The van der Waals surface area contributed by atoms with Crippen LogP contribution in [-0.4, -0.2) is 38.8 Å². The Hall–Kier alpha value is -1.60. The van der Waals surface area contributed by atoms with Crippen molar-refractivity contribution in [3.8, 4) is 0 Å². The molecule has 0 atom stereocenters. The van der Waals surface area contributed by atoms with Gasteiger partial charge in [-0.3, -0.25) is 0 Å². The largest absolute Gasteiger partial charge is 0.478 e. The van der Waals surface area contributed by atoms with Crippen LogP contribution in [0.5, 0.6) is 0 Å². The predicted molar refractivity (Wildman–Crippen MR) is 69.5 cm³/mol. The number of aryl methyl sites for hydroxylation is 1. The molecule has 0 fully saturated rings. The van der Waals surface area contributed by atoms with Crippen molar-refractivity contribution in [3.63, 3.8) is 0 Å². The molecule has 7 heteroatoms. The summed E-state index contributed by atoms with van der Waals surface area (Å²) in [5.41, 5.74) is 1.82. The van der Waals surface area contributed by atoms with Crippen molar-refractivity contribution < 1.29 is 18.3 Å².